The molecule has 1 unspecified atom stereocenters. The molecule has 7 nitrogen and oxygen atoms in total. The summed E-state index contributed by atoms with van der Waals surface area (Å²) in [4.78, 5) is 23.6. The highest BCUT2D eigenvalue weighted by molar-refractivity contribution is 7.98. The molecule has 2 rings (SSSR count). The van der Waals surface area contributed by atoms with Crippen molar-refractivity contribution in [2.45, 2.75) is 38.5 Å². The molecule has 0 aliphatic rings. The third kappa shape index (κ3) is 5.51. The van der Waals surface area contributed by atoms with E-state index in [4.69, 9.17) is 5.14 Å². The Morgan fingerprint density at radius 2 is 1.89 bits per heavy atom. The van der Waals surface area contributed by atoms with E-state index >= 15 is 0 Å². The molecule has 0 bridgehead atoms. The van der Waals surface area contributed by atoms with E-state index in [9.17, 15) is 9.00 Å². The third-order valence-corrected chi connectivity index (χ3v) is 5.09. The highest BCUT2D eigenvalue weighted by atomic mass is 32.2. The minimum Gasteiger partial charge on any atom is -0.357 e. The second kappa shape index (κ2) is 8.96. The summed E-state index contributed by atoms with van der Waals surface area (Å²) in [6, 6.07) is 6.64. The van der Waals surface area contributed by atoms with Crippen molar-refractivity contribution in [3.8, 4) is 0 Å². The predicted octanol–water partition coefficient (Wildman–Crippen LogP) is 2.61. The minimum absolute atomic E-state index is 0.292. The molecule has 2 aromatic rings. The molecule has 0 aliphatic carbocycles. The molecular formula is C19H27N5O2S. The maximum absolute atomic E-state index is 12.6. The molecule has 146 valence electrons. The minimum atomic E-state index is -2.79. The van der Waals surface area contributed by atoms with Crippen LogP contribution in [0.2, 0.25) is 0 Å². The molecule has 1 aromatic heterocycles. The summed E-state index contributed by atoms with van der Waals surface area (Å²) in [5.41, 5.74) is 1.64. The maximum atomic E-state index is 12.6. The molecule has 8 heteroatoms. The standard InChI is InChI=1S/C19H27N5O2S/c1-5-9-24(10-6-2)18-12-17(21-13-22-18)19(25)23-16-8-7-15(11-14(16)3)27(4,20)26/h7-8,11-13H,4-6,9-10H2,1-3H3,(H2,20,26)(H,23,25). The lowest BCUT2D eigenvalue weighted by Crippen LogP contribution is -2.26. The number of nitrogens with zero attached hydrogens (tertiary/aromatic N) is 3. The monoisotopic (exact) mass is 389 g/mol. The number of carbonyl (C=O) groups excluding carboxylic acids is 1. The Hall–Kier alpha value is -2.45. The van der Waals surface area contributed by atoms with E-state index in [1.165, 1.54) is 6.33 Å². The van der Waals surface area contributed by atoms with E-state index in [0.717, 1.165) is 37.3 Å². The Kier molecular flexibility index (Phi) is 6.92. The molecule has 0 radical (unpaired) electrons. The SMILES string of the molecule is C=S(N)(=O)c1ccc(NC(=O)c2cc(N(CCC)CCC)ncn2)c(C)c1. The summed E-state index contributed by atoms with van der Waals surface area (Å²) in [6.45, 7) is 7.76. The van der Waals surface area contributed by atoms with Gasteiger partial charge in [0, 0.05) is 29.7 Å². The van der Waals surface area contributed by atoms with Gasteiger partial charge in [0.2, 0.25) is 0 Å². The van der Waals surface area contributed by atoms with E-state index in [0.29, 0.717) is 16.3 Å². The smallest absolute Gasteiger partial charge is 0.274 e. The number of benzene rings is 1. The van der Waals surface area contributed by atoms with Crippen molar-refractivity contribution in [1.82, 2.24) is 9.97 Å². The lowest BCUT2D eigenvalue weighted by Gasteiger charge is -2.22. The van der Waals surface area contributed by atoms with Crippen LogP contribution in [0.5, 0.6) is 0 Å². The van der Waals surface area contributed by atoms with Crippen LogP contribution in [0, 0.1) is 6.92 Å². The number of amides is 1. The van der Waals surface area contributed by atoms with Gasteiger partial charge in [0.05, 0.1) is 9.71 Å². The Labute approximate surface area is 161 Å². The second-order valence-electron chi connectivity index (χ2n) is 6.41. The van der Waals surface area contributed by atoms with Crippen LogP contribution < -0.4 is 15.4 Å². The van der Waals surface area contributed by atoms with Gasteiger partial charge >= 0.3 is 0 Å². The summed E-state index contributed by atoms with van der Waals surface area (Å²) in [5, 5.41) is 8.40. The summed E-state index contributed by atoms with van der Waals surface area (Å²) < 4.78 is 11.9. The zero-order valence-electron chi connectivity index (χ0n) is 16.1. The largest absolute Gasteiger partial charge is 0.357 e. The molecule has 0 aliphatic heterocycles. The molecular weight excluding hydrogens is 362 g/mol. The van der Waals surface area contributed by atoms with Gasteiger partial charge in [0.25, 0.3) is 5.91 Å². The fourth-order valence-electron chi connectivity index (χ4n) is 2.70. The van der Waals surface area contributed by atoms with Crippen LogP contribution >= 0.6 is 0 Å². The third-order valence-electron chi connectivity index (χ3n) is 4.04. The number of nitrogens with two attached hydrogens (primary N) is 1. The van der Waals surface area contributed by atoms with Crippen LogP contribution in [0.3, 0.4) is 0 Å². The van der Waals surface area contributed by atoms with Gasteiger partial charge in [-0.25, -0.2) is 14.2 Å². The van der Waals surface area contributed by atoms with Crippen LogP contribution in [0.1, 0.15) is 42.7 Å². The Balaban J connectivity index is 2.22. The van der Waals surface area contributed by atoms with E-state index in [-0.39, 0.29) is 5.91 Å². The van der Waals surface area contributed by atoms with Crippen molar-refractivity contribution >= 4 is 33.0 Å². The van der Waals surface area contributed by atoms with Crippen molar-refractivity contribution < 1.29 is 9.00 Å². The zero-order valence-corrected chi connectivity index (χ0v) is 16.9. The van der Waals surface area contributed by atoms with Gasteiger partial charge in [-0.3, -0.25) is 9.93 Å². The van der Waals surface area contributed by atoms with Gasteiger partial charge < -0.3 is 10.2 Å². The van der Waals surface area contributed by atoms with Crippen LogP contribution in [0.15, 0.2) is 35.5 Å². The number of aromatic nitrogens is 2. The van der Waals surface area contributed by atoms with Gasteiger partial charge in [0.15, 0.2) is 0 Å². The van der Waals surface area contributed by atoms with E-state index in [1.54, 1.807) is 31.2 Å². The summed E-state index contributed by atoms with van der Waals surface area (Å²) in [7, 11) is -2.79. The predicted molar refractivity (Wildman–Crippen MR) is 112 cm³/mol. The van der Waals surface area contributed by atoms with Gasteiger partial charge in [-0.15, -0.1) is 0 Å². The van der Waals surface area contributed by atoms with E-state index in [2.05, 4.69) is 39.9 Å². The molecule has 27 heavy (non-hydrogen) atoms. The second-order valence-corrected chi connectivity index (χ2v) is 8.33. The van der Waals surface area contributed by atoms with Gasteiger partial charge in [-0.05, 0) is 49.4 Å². The normalized spacial score (nSPS) is 13.0. The summed E-state index contributed by atoms with van der Waals surface area (Å²) in [5.74, 6) is 3.89. The lowest BCUT2D eigenvalue weighted by atomic mass is 10.2. The Bertz CT molecular complexity index is 906. The van der Waals surface area contributed by atoms with Crippen molar-refractivity contribution in [3.05, 3.63) is 41.9 Å². The fourth-order valence-corrected chi connectivity index (χ4v) is 3.38. The topological polar surface area (TPSA) is 101 Å². The van der Waals surface area contributed by atoms with Crippen LogP contribution in [-0.2, 0) is 9.71 Å². The highest BCUT2D eigenvalue weighted by Gasteiger charge is 2.14. The fraction of sp³-hybridized carbons (Fsp3) is 0.368. The van der Waals surface area contributed by atoms with Crippen LogP contribution in [0.4, 0.5) is 11.5 Å². The Morgan fingerprint density at radius 3 is 2.44 bits per heavy atom. The van der Waals surface area contributed by atoms with Crippen molar-refractivity contribution in [1.29, 1.82) is 0 Å². The van der Waals surface area contributed by atoms with E-state index in [1.807, 2.05) is 0 Å². The van der Waals surface area contributed by atoms with Gasteiger partial charge in [0.1, 0.15) is 17.8 Å². The molecule has 1 aromatic carbocycles. The summed E-state index contributed by atoms with van der Waals surface area (Å²) in [6.07, 6.45) is 3.40. The number of nitrogens with one attached hydrogen (secondary N) is 1. The summed E-state index contributed by atoms with van der Waals surface area (Å²) >= 11 is 0. The molecule has 0 saturated carbocycles. The molecule has 0 fully saturated rings. The number of aryl methyl sites for hydroxylation is 1. The van der Waals surface area contributed by atoms with Gasteiger partial charge in [-0.2, -0.15) is 0 Å². The first-order valence-corrected chi connectivity index (χ1v) is 10.7. The highest BCUT2D eigenvalue weighted by Crippen LogP contribution is 2.20. The van der Waals surface area contributed by atoms with Crippen molar-refractivity contribution in [2.24, 2.45) is 5.14 Å². The number of rotatable bonds is 8. The van der Waals surface area contributed by atoms with Crippen LogP contribution in [-0.4, -0.2) is 39.0 Å². The molecule has 0 spiro atoms. The van der Waals surface area contributed by atoms with Crippen molar-refractivity contribution in [2.75, 3.05) is 23.3 Å². The Morgan fingerprint density at radius 1 is 1.22 bits per heavy atom. The number of anilines is 2. The first-order valence-electron chi connectivity index (χ1n) is 8.90. The molecule has 0 saturated heterocycles. The molecule has 1 heterocycles. The van der Waals surface area contributed by atoms with Crippen molar-refractivity contribution in [3.63, 3.8) is 0 Å². The lowest BCUT2D eigenvalue weighted by molar-refractivity contribution is 0.102. The molecule has 3 N–H and O–H groups in total. The quantitative estimate of drug-likeness (QED) is 0.676. The number of carbonyl (C=O) groups is 1. The first kappa shape index (κ1) is 20.9. The molecule has 1 amide bonds. The van der Waals surface area contributed by atoms with Crippen LogP contribution in [0.25, 0.3) is 0 Å². The maximum Gasteiger partial charge on any atom is 0.274 e. The van der Waals surface area contributed by atoms with E-state index < -0.39 is 9.71 Å². The molecule has 1 atom stereocenters. The average Bonchev–Trinajstić information content (AvgIpc) is 2.62. The zero-order chi connectivity index (χ0) is 20.0. The first-order chi connectivity index (χ1) is 12.8. The number of hydrogen-bond acceptors (Lipinski definition) is 5. The van der Waals surface area contributed by atoms with Gasteiger partial charge in [-0.1, -0.05) is 13.8 Å². The average molecular weight is 390 g/mol. The number of hydrogen-bond donors (Lipinski definition) is 2.